The van der Waals surface area contributed by atoms with Gasteiger partial charge in [0.05, 0.1) is 33.9 Å². The van der Waals surface area contributed by atoms with Gasteiger partial charge in [-0.25, -0.2) is 14.2 Å². The van der Waals surface area contributed by atoms with Crippen LogP contribution in [-0.4, -0.2) is 47.4 Å². The fourth-order valence-corrected chi connectivity index (χ4v) is 3.12. The van der Waals surface area contributed by atoms with E-state index in [4.69, 9.17) is 20.9 Å². The van der Waals surface area contributed by atoms with Gasteiger partial charge in [0.25, 0.3) is 0 Å². The van der Waals surface area contributed by atoms with Crippen molar-refractivity contribution in [1.82, 2.24) is 14.1 Å². The van der Waals surface area contributed by atoms with Crippen molar-refractivity contribution < 1.29 is 9.47 Å². The molecule has 3 aromatic rings. The normalized spacial score (nSPS) is 10.5. The zero-order valence-corrected chi connectivity index (χ0v) is 18.5. The van der Waals surface area contributed by atoms with Gasteiger partial charge in [0.1, 0.15) is 11.5 Å². The van der Waals surface area contributed by atoms with Gasteiger partial charge in [0.15, 0.2) is 5.96 Å². The summed E-state index contributed by atoms with van der Waals surface area (Å²) < 4.78 is 12.8. The van der Waals surface area contributed by atoms with E-state index in [1.165, 1.54) is 4.57 Å². The van der Waals surface area contributed by atoms with Gasteiger partial charge in [-0.3, -0.25) is 9.56 Å². The maximum absolute atomic E-state index is 13.3. The first kappa shape index (κ1) is 23.4. The third-order valence-corrected chi connectivity index (χ3v) is 4.84. The van der Waals surface area contributed by atoms with Gasteiger partial charge in [-0.2, -0.15) is 4.98 Å². The summed E-state index contributed by atoms with van der Waals surface area (Å²) in [5.41, 5.74) is 11.1. The van der Waals surface area contributed by atoms with Crippen molar-refractivity contribution in [2.24, 2.45) is 16.5 Å². The molecule has 174 valence electrons. The third kappa shape index (κ3) is 6.12. The summed E-state index contributed by atoms with van der Waals surface area (Å²) in [6, 6.07) is 14.4. The van der Waals surface area contributed by atoms with E-state index in [0.29, 0.717) is 11.5 Å². The second-order valence-electron chi connectivity index (χ2n) is 7.10. The van der Waals surface area contributed by atoms with Crippen LogP contribution in [0.2, 0.25) is 0 Å². The lowest BCUT2D eigenvalue weighted by atomic mass is 10.2. The Morgan fingerprint density at radius 2 is 1.42 bits per heavy atom. The maximum Gasteiger partial charge on any atom is 0.355 e. The molecular weight excluding hydrogens is 426 g/mol. The Labute approximate surface area is 190 Å². The molecule has 0 saturated heterocycles. The quantitative estimate of drug-likeness (QED) is 0.224. The van der Waals surface area contributed by atoms with Crippen LogP contribution in [-0.2, 0) is 13.1 Å². The fraction of sp³-hybridized carbons (Fsp3) is 0.273. The second kappa shape index (κ2) is 10.8. The monoisotopic (exact) mass is 453 g/mol. The number of hydrogen-bond acceptors (Lipinski definition) is 7. The molecule has 0 unspecified atom stereocenters. The average Bonchev–Trinajstić information content (AvgIpc) is 2.82. The number of rotatable bonds is 10. The first-order valence-electron chi connectivity index (χ1n) is 10.2. The molecule has 1 heterocycles. The van der Waals surface area contributed by atoms with E-state index in [2.05, 4.69) is 15.3 Å². The number of nitrogens with one attached hydrogen (secondary N) is 1. The lowest BCUT2D eigenvalue weighted by molar-refractivity contribution is 0.414. The van der Waals surface area contributed by atoms with Crippen molar-refractivity contribution in [3.8, 4) is 11.5 Å². The van der Waals surface area contributed by atoms with Gasteiger partial charge in [0.2, 0.25) is 5.95 Å². The molecule has 3 rings (SSSR count). The number of aromatic nitrogens is 3. The smallest absolute Gasteiger partial charge is 0.355 e. The van der Waals surface area contributed by atoms with Crippen LogP contribution in [0.3, 0.4) is 0 Å². The Morgan fingerprint density at radius 1 is 0.909 bits per heavy atom. The minimum Gasteiger partial charge on any atom is -0.497 e. The molecule has 0 atom stereocenters. The highest BCUT2D eigenvalue weighted by Gasteiger charge is 2.14. The Balaban J connectivity index is 1.96. The molecule has 0 bridgehead atoms. The van der Waals surface area contributed by atoms with Crippen molar-refractivity contribution in [2.45, 2.75) is 13.1 Å². The average molecular weight is 454 g/mol. The summed E-state index contributed by atoms with van der Waals surface area (Å²) in [4.78, 5) is 34.0. The summed E-state index contributed by atoms with van der Waals surface area (Å²) in [5, 5.41) is 2.98. The Morgan fingerprint density at radius 3 is 1.91 bits per heavy atom. The number of nitrogens with zero attached hydrogens (tertiary/aromatic N) is 4. The van der Waals surface area contributed by atoms with Crippen LogP contribution in [0.5, 0.6) is 11.5 Å². The highest BCUT2D eigenvalue weighted by Crippen LogP contribution is 2.14. The standard InChI is InChI=1S/C22H27N7O4/c1-32-17-7-3-15(4-8-17)13-28-20(26-12-11-25-19(23)24)27-21(30)29(22(28)31)14-16-5-9-18(33-2)10-6-16/h3-10H,11-14H2,1-2H3,(H4,23,24,25)(H,26,27,30). The van der Waals surface area contributed by atoms with Crippen LogP contribution in [0.1, 0.15) is 11.1 Å². The molecule has 1 aromatic heterocycles. The van der Waals surface area contributed by atoms with E-state index in [-0.39, 0.29) is 38.1 Å². The number of guanidine groups is 1. The number of benzene rings is 2. The molecule has 0 saturated carbocycles. The predicted octanol–water partition coefficient (Wildman–Crippen LogP) is 0.204. The highest BCUT2D eigenvalue weighted by molar-refractivity contribution is 5.75. The van der Waals surface area contributed by atoms with Crippen LogP contribution in [0.4, 0.5) is 5.95 Å². The highest BCUT2D eigenvalue weighted by atomic mass is 16.5. The van der Waals surface area contributed by atoms with Crippen LogP contribution < -0.4 is 37.6 Å². The van der Waals surface area contributed by atoms with Gasteiger partial charge >= 0.3 is 11.4 Å². The number of ether oxygens (including phenoxy) is 2. The Hall–Kier alpha value is -4.28. The molecule has 0 fully saturated rings. The first-order valence-corrected chi connectivity index (χ1v) is 10.2. The van der Waals surface area contributed by atoms with E-state index in [1.807, 2.05) is 12.1 Å². The fourth-order valence-electron chi connectivity index (χ4n) is 3.12. The predicted molar refractivity (Wildman–Crippen MR) is 126 cm³/mol. The minimum atomic E-state index is -0.661. The van der Waals surface area contributed by atoms with Gasteiger partial charge in [-0.05, 0) is 35.4 Å². The van der Waals surface area contributed by atoms with E-state index >= 15 is 0 Å². The molecule has 0 aliphatic heterocycles. The Kier molecular flexibility index (Phi) is 7.68. The SMILES string of the molecule is COc1ccc(Cn2c(NCCN=C(N)N)nc(=O)n(Cc3ccc(OC)cc3)c2=O)cc1. The van der Waals surface area contributed by atoms with Crippen molar-refractivity contribution in [2.75, 3.05) is 32.6 Å². The van der Waals surface area contributed by atoms with Gasteiger partial charge in [-0.1, -0.05) is 24.3 Å². The number of hydrogen-bond donors (Lipinski definition) is 3. The summed E-state index contributed by atoms with van der Waals surface area (Å²) in [7, 11) is 3.15. The third-order valence-electron chi connectivity index (χ3n) is 4.84. The summed E-state index contributed by atoms with van der Waals surface area (Å²) in [6.45, 7) is 0.819. The molecule has 5 N–H and O–H groups in total. The molecule has 11 heteroatoms. The van der Waals surface area contributed by atoms with Crippen molar-refractivity contribution in [3.05, 3.63) is 80.6 Å². The zero-order chi connectivity index (χ0) is 23.8. The minimum absolute atomic E-state index is 0.0460. The van der Waals surface area contributed by atoms with Crippen LogP contribution >= 0.6 is 0 Å². The summed E-state index contributed by atoms with van der Waals surface area (Å²) in [5.74, 6) is 1.47. The second-order valence-corrected chi connectivity index (χ2v) is 7.10. The number of aliphatic imine (C=N–C) groups is 1. The molecule has 0 aliphatic carbocycles. The van der Waals surface area contributed by atoms with Gasteiger partial charge in [0, 0.05) is 6.54 Å². The van der Waals surface area contributed by atoms with Crippen molar-refractivity contribution >= 4 is 11.9 Å². The largest absolute Gasteiger partial charge is 0.497 e. The molecule has 0 spiro atoms. The van der Waals surface area contributed by atoms with E-state index in [1.54, 1.807) is 50.6 Å². The molecule has 0 radical (unpaired) electrons. The molecular formula is C22H27N7O4. The van der Waals surface area contributed by atoms with Crippen molar-refractivity contribution in [1.29, 1.82) is 0 Å². The topological polar surface area (TPSA) is 152 Å². The summed E-state index contributed by atoms with van der Waals surface area (Å²) in [6.07, 6.45) is 0. The van der Waals surface area contributed by atoms with E-state index in [9.17, 15) is 9.59 Å². The van der Waals surface area contributed by atoms with E-state index in [0.717, 1.165) is 15.7 Å². The van der Waals surface area contributed by atoms with Crippen molar-refractivity contribution in [3.63, 3.8) is 0 Å². The van der Waals surface area contributed by atoms with Gasteiger partial charge in [-0.15, -0.1) is 0 Å². The summed E-state index contributed by atoms with van der Waals surface area (Å²) >= 11 is 0. The maximum atomic E-state index is 13.3. The molecule has 33 heavy (non-hydrogen) atoms. The van der Waals surface area contributed by atoms with Crippen LogP contribution in [0.15, 0.2) is 63.1 Å². The molecule has 11 nitrogen and oxygen atoms in total. The number of methoxy groups -OCH3 is 2. The van der Waals surface area contributed by atoms with E-state index < -0.39 is 11.4 Å². The molecule has 0 amide bonds. The lowest BCUT2D eigenvalue weighted by Crippen LogP contribution is -2.43. The van der Waals surface area contributed by atoms with Crippen LogP contribution in [0.25, 0.3) is 0 Å². The Bertz CT molecular complexity index is 1210. The lowest BCUT2D eigenvalue weighted by Gasteiger charge is -2.15. The van der Waals surface area contributed by atoms with Crippen LogP contribution in [0, 0.1) is 0 Å². The first-order chi connectivity index (χ1) is 15.9. The number of nitrogens with two attached hydrogens (primary N) is 2. The number of anilines is 1. The van der Waals surface area contributed by atoms with Gasteiger partial charge < -0.3 is 26.3 Å². The zero-order valence-electron chi connectivity index (χ0n) is 18.5. The molecule has 0 aliphatic rings. The molecule has 2 aromatic carbocycles.